The maximum absolute atomic E-state index is 12.0. The first-order valence-electron chi connectivity index (χ1n) is 6.56. The van der Waals surface area contributed by atoms with Crippen molar-refractivity contribution >= 4 is 11.9 Å². The van der Waals surface area contributed by atoms with E-state index in [1.165, 1.54) is 6.33 Å². The highest BCUT2D eigenvalue weighted by molar-refractivity contribution is 6.02. The minimum atomic E-state index is -1.17. The van der Waals surface area contributed by atoms with Crippen LogP contribution in [-0.2, 0) is 0 Å². The SMILES string of the molecule is CC1CCC(NC(=O)c2nc[nH]c2C(=O)O)CC1C. The number of aromatic carboxylic acids is 1. The van der Waals surface area contributed by atoms with Crippen LogP contribution in [0.5, 0.6) is 0 Å². The summed E-state index contributed by atoms with van der Waals surface area (Å²) in [7, 11) is 0. The van der Waals surface area contributed by atoms with Crippen LogP contribution in [0.2, 0.25) is 0 Å². The quantitative estimate of drug-likeness (QED) is 0.774. The Morgan fingerprint density at radius 1 is 1.37 bits per heavy atom. The summed E-state index contributed by atoms with van der Waals surface area (Å²) in [6, 6.07) is 0.108. The van der Waals surface area contributed by atoms with E-state index in [1.807, 2.05) is 0 Å². The number of aromatic nitrogens is 2. The van der Waals surface area contributed by atoms with E-state index in [0.29, 0.717) is 11.8 Å². The van der Waals surface area contributed by atoms with Crippen molar-refractivity contribution in [3.8, 4) is 0 Å². The van der Waals surface area contributed by atoms with Gasteiger partial charge < -0.3 is 15.4 Å². The van der Waals surface area contributed by atoms with Crippen LogP contribution >= 0.6 is 0 Å². The average molecular weight is 265 g/mol. The number of amides is 1. The number of carbonyl (C=O) groups is 2. The number of carboxylic acids is 1. The molecule has 1 fully saturated rings. The molecular weight excluding hydrogens is 246 g/mol. The van der Waals surface area contributed by atoms with E-state index < -0.39 is 11.9 Å². The molecule has 2 rings (SSSR count). The molecule has 3 N–H and O–H groups in total. The number of imidazole rings is 1. The standard InChI is InChI=1S/C13H19N3O3/c1-7-3-4-9(5-8(7)2)16-12(17)10-11(13(18)19)15-6-14-10/h6-9H,3-5H2,1-2H3,(H,14,15)(H,16,17)(H,18,19). The van der Waals surface area contributed by atoms with Crippen molar-refractivity contribution in [2.24, 2.45) is 11.8 Å². The van der Waals surface area contributed by atoms with Crippen LogP contribution in [0, 0.1) is 11.8 Å². The fourth-order valence-corrected chi connectivity index (χ4v) is 2.56. The summed E-state index contributed by atoms with van der Waals surface area (Å²) >= 11 is 0. The first-order valence-corrected chi connectivity index (χ1v) is 6.56. The molecule has 19 heavy (non-hydrogen) atoms. The topological polar surface area (TPSA) is 95.1 Å². The Kier molecular flexibility index (Phi) is 3.87. The highest BCUT2D eigenvalue weighted by atomic mass is 16.4. The van der Waals surface area contributed by atoms with E-state index in [0.717, 1.165) is 19.3 Å². The molecule has 1 aliphatic rings. The van der Waals surface area contributed by atoms with Gasteiger partial charge in [-0.1, -0.05) is 13.8 Å². The van der Waals surface area contributed by atoms with Crippen LogP contribution in [0.4, 0.5) is 0 Å². The molecule has 6 heteroatoms. The second-order valence-corrected chi connectivity index (χ2v) is 5.37. The predicted molar refractivity (Wildman–Crippen MR) is 69.0 cm³/mol. The van der Waals surface area contributed by atoms with Crippen molar-refractivity contribution in [1.82, 2.24) is 15.3 Å². The fraction of sp³-hybridized carbons (Fsp3) is 0.615. The molecule has 104 valence electrons. The van der Waals surface area contributed by atoms with Crippen LogP contribution < -0.4 is 5.32 Å². The first-order chi connectivity index (χ1) is 8.99. The maximum atomic E-state index is 12.0. The normalized spacial score (nSPS) is 26.9. The van der Waals surface area contributed by atoms with Crippen molar-refractivity contribution < 1.29 is 14.7 Å². The molecular formula is C13H19N3O3. The molecule has 6 nitrogen and oxygen atoms in total. The van der Waals surface area contributed by atoms with Crippen LogP contribution in [0.15, 0.2) is 6.33 Å². The summed E-state index contributed by atoms with van der Waals surface area (Å²) in [5.41, 5.74) is -0.200. The molecule has 1 heterocycles. The van der Waals surface area contributed by atoms with E-state index in [4.69, 9.17) is 5.11 Å². The van der Waals surface area contributed by atoms with Gasteiger partial charge >= 0.3 is 5.97 Å². The lowest BCUT2D eigenvalue weighted by molar-refractivity contribution is 0.0683. The zero-order chi connectivity index (χ0) is 14.0. The van der Waals surface area contributed by atoms with Gasteiger partial charge in [-0.05, 0) is 31.1 Å². The van der Waals surface area contributed by atoms with Crippen molar-refractivity contribution in [3.05, 3.63) is 17.7 Å². The van der Waals surface area contributed by atoms with Crippen molar-refractivity contribution in [3.63, 3.8) is 0 Å². The first kappa shape index (κ1) is 13.6. The van der Waals surface area contributed by atoms with Crippen molar-refractivity contribution in [1.29, 1.82) is 0 Å². The summed E-state index contributed by atoms with van der Waals surface area (Å²) in [6.07, 6.45) is 4.17. The van der Waals surface area contributed by atoms with E-state index in [-0.39, 0.29) is 17.4 Å². The molecule has 1 saturated carbocycles. The molecule has 3 unspecified atom stereocenters. The maximum Gasteiger partial charge on any atom is 0.354 e. The number of H-pyrrole nitrogens is 1. The van der Waals surface area contributed by atoms with Gasteiger partial charge in [0.1, 0.15) is 0 Å². The largest absolute Gasteiger partial charge is 0.477 e. The lowest BCUT2D eigenvalue weighted by Crippen LogP contribution is -2.40. The van der Waals surface area contributed by atoms with Gasteiger partial charge in [-0.15, -0.1) is 0 Å². The smallest absolute Gasteiger partial charge is 0.354 e. The van der Waals surface area contributed by atoms with Gasteiger partial charge in [0.25, 0.3) is 5.91 Å². The molecule has 0 radical (unpaired) electrons. The number of carbonyl (C=O) groups excluding carboxylic acids is 1. The minimum Gasteiger partial charge on any atom is -0.477 e. The van der Waals surface area contributed by atoms with Gasteiger partial charge in [0.2, 0.25) is 0 Å². The number of rotatable bonds is 3. The molecule has 0 aliphatic heterocycles. The summed E-state index contributed by atoms with van der Waals surface area (Å²) < 4.78 is 0. The Bertz CT molecular complexity index is 483. The Balaban J connectivity index is 2.01. The highest BCUT2D eigenvalue weighted by Gasteiger charge is 2.27. The number of nitrogens with zero attached hydrogens (tertiary/aromatic N) is 1. The van der Waals surface area contributed by atoms with E-state index in [1.54, 1.807) is 0 Å². The second kappa shape index (κ2) is 5.42. The lowest BCUT2D eigenvalue weighted by atomic mass is 9.79. The van der Waals surface area contributed by atoms with E-state index in [2.05, 4.69) is 29.1 Å². The molecule has 3 atom stereocenters. The number of carboxylic acid groups (broad SMARTS) is 1. The Morgan fingerprint density at radius 3 is 2.74 bits per heavy atom. The molecule has 0 bridgehead atoms. The molecule has 0 saturated heterocycles. The van der Waals surface area contributed by atoms with Crippen LogP contribution in [0.25, 0.3) is 0 Å². The van der Waals surface area contributed by atoms with E-state index in [9.17, 15) is 9.59 Å². The monoisotopic (exact) mass is 265 g/mol. The van der Waals surface area contributed by atoms with Gasteiger partial charge in [-0.25, -0.2) is 9.78 Å². The van der Waals surface area contributed by atoms with Gasteiger partial charge in [-0.2, -0.15) is 0 Å². The molecule has 1 aliphatic carbocycles. The second-order valence-electron chi connectivity index (χ2n) is 5.37. The third-order valence-electron chi connectivity index (χ3n) is 4.00. The van der Waals surface area contributed by atoms with Crippen LogP contribution in [0.1, 0.15) is 54.1 Å². The van der Waals surface area contributed by atoms with Gasteiger partial charge in [0, 0.05) is 6.04 Å². The van der Waals surface area contributed by atoms with Gasteiger partial charge in [0.15, 0.2) is 11.4 Å². The Labute approximate surface area is 111 Å². The Morgan fingerprint density at radius 2 is 2.11 bits per heavy atom. The van der Waals surface area contributed by atoms with Crippen molar-refractivity contribution in [2.75, 3.05) is 0 Å². The van der Waals surface area contributed by atoms with Crippen LogP contribution in [-0.4, -0.2) is 33.0 Å². The Hall–Kier alpha value is -1.85. The zero-order valence-electron chi connectivity index (χ0n) is 11.1. The molecule has 1 amide bonds. The van der Waals surface area contributed by atoms with Crippen LogP contribution in [0.3, 0.4) is 0 Å². The summed E-state index contributed by atoms with van der Waals surface area (Å²) in [5, 5.41) is 11.8. The fourth-order valence-electron chi connectivity index (χ4n) is 2.56. The number of nitrogens with one attached hydrogen (secondary N) is 2. The molecule has 1 aromatic heterocycles. The summed E-state index contributed by atoms with van der Waals surface area (Å²) in [4.78, 5) is 29.2. The van der Waals surface area contributed by atoms with E-state index >= 15 is 0 Å². The third kappa shape index (κ3) is 2.94. The summed E-state index contributed by atoms with van der Waals surface area (Å²) in [6.45, 7) is 4.40. The summed E-state index contributed by atoms with van der Waals surface area (Å²) in [5.74, 6) is -0.344. The number of hydrogen-bond donors (Lipinski definition) is 3. The molecule has 0 aromatic carbocycles. The zero-order valence-corrected chi connectivity index (χ0v) is 11.1. The van der Waals surface area contributed by atoms with Gasteiger partial charge in [-0.3, -0.25) is 4.79 Å². The van der Waals surface area contributed by atoms with Gasteiger partial charge in [0.05, 0.1) is 6.33 Å². The number of hydrogen-bond acceptors (Lipinski definition) is 3. The highest BCUT2D eigenvalue weighted by Crippen LogP contribution is 2.29. The third-order valence-corrected chi connectivity index (χ3v) is 4.00. The predicted octanol–water partition coefficient (Wildman–Crippen LogP) is 1.66. The lowest BCUT2D eigenvalue weighted by Gasteiger charge is -2.32. The molecule has 1 aromatic rings. The molecule has 0 spiro atoms. The average Bonchev–Trinajstić information content (AvgIpc) is 2.83. The number of aromatic amines is 1. The minimum absolute atomic E-state index is 0.0428. The van der Waals surface area contributed by atoms with Crippen molar-refractivity contribution in [2.45, 2.75) is 39.2 Å².